The van der Waals surface area contributed by atoms with Crippen molar-refractivity contribution < 1.29 is 19.4 Å². The Hall–Kier alpha value is -2.40. The Labute approximate surface area is 127 Å². The van der Waals surface area contributed by atoms with Gasteiger partial charge in [0.05, 0.1) is 0 Å². The second-order valence-electron chi connectivity index (χ2n) is 4.24. The summed E-state index contributed by atoms with van der Waals surface area (Å²) in [5.74, 6) is 1.86. The van der Waals surface area contributed by atoms with Gasteiger partial charge in [-0.1, -0.05) is 11.6 Å². The van der Waals surface area contributed by atoms with Gasteiger partial charge < -0.3 is 14.6 Å². The molecule has 2 aromatic rings. The molecule has 110 valence electrons. The van der Waals surface area contributed by atoms with Crippen LogP contribution >= 0.6 is 11.6 Å². The van der Waals surface area contributed by atoms with Gasteiger partial charge in [-0.3, -0.25) is 5.32 Å². The lowest BCUT2D eigenvalue weighted by atomic mass is 10.3. The smallest absolute Gasteiger partial charge is 0.407 e. The zero-order valence-corrected chi connectivity index (χ0v) is 12.0. The van der Waals surface area contributed by atoms with E-state index in [1.807, 2.05) is 0 Å². The molecule has 6 heteroatoms. The number of hydrogen-bond donors (Lipinski definition) is 2. The van der Waals surface area contributed by atoms with Gasteiger partial charge in [0, 0.05) is 5.02 Å². The Bertz CT molecular complexity index is 598. The second kappa shape index (κ2) is 6.85. The van der Waals surface area contributed by atoms with Crippen LogP contribution in [0.3, 0.4) is 0 Å². The number of ether oxygens (including phenoxy) is 2. The third-order valence-corrected chi connectivity index (χ3v) is 2.76. The van der Waals surface area contributed by atoms with Crippen molar-refractivity contribution in [3.63, 3.8) is 0 Å². The SMILES string of the molecule is CC(NC(=O)O)Oc1ccc(Oc2ccc(Cl)cc2)cc1. The van der Waals surface area contributed by atoms with E-state index in [9.17, 15) is 4.79 Å². The van der Waals surface area contributed by atoms with Crippen LogP contribution in [0.4, 0.5) is 4.79 Å². The van der Waals surface area contributed by atoms with Crippen molar-refractivity contribution in [3.05, 3.63) is 53.6 Å². The fourth-order valence-corrected chi connectivity index (χ4v) is 1.76. The number of rotatable bonds is 5. The monoisotopic (exact) mass is 307 g/mol. The molecule has 1 amide bonds. The van der Waals surface area contributed by atoms with Gasteiger partial charge in [0.15, 0.2) is 6.23 Å². The molecule has 0 saturated heterocycles. The highest BCUT2D eigenvalue weighted by Crippen LogP contribution is 2.25. The van der Waals surface area contributed by atoms with E-state index in [0.29, 0.717) is 22.3 Å². The molecule has 1 unspecified atom stereocenters. The van der Waals surface area contributed by atoms with E-state index in [-0.39, 0.29) is 0 Å². The van der Waals surface area contributed by atoms with Crippen molar-refractivity contribution in [1.82, 2.24) is 5.32 Å². The van der Waals surface area contributed by atoms with Crippen LogP contribution in [0.15, 0.2) is 48.5 Å². The topological polar surface area (TPSA) is 67.8 Å². The predicted molar refractivity (Wildman–Crippen MR) is 79.2 cm³/mol. The molecule has 0 aromatic heterocycles. The van der Waals surface area contributed by atoms with Crippen molar-refractivity contribution in [3.8, 4) is 17.2 Å². The summed E-state index contributed by atoms with van der Waals surface area (Å²) in [6, 6.07) is 13.9. The number of hydrogen-bond acceptors (Lipinski definition) is 3. The van der Waals surface area contributed by atoms with E-state index in [2.05, 4.69) is 5.32 Å². The van der Waals surface area contributed by atoms with Crippen LogP contribution in [-0.4, -0.2) is 17.4 Å². The second-order valence-corrected chi connectivity index (χ2v) is 4.67. The Balaban J connectivity index is 1.95. The molecule has 0 fully saturated rings. The van der Waals surface area contributed by atoms with Crippen LogP contribution in [0, 0.1) is 0 Å². The van der Waals surface area contributed by atoms with Gasteiger partial charge in [-0.05, 0) is 55.5 Å². The molecule has 0 spiro atoms. The van der Waals surface area contributed by atoms with Gasteiger partial charge in [-0.2, -0.15) is 0 Å². The van der Waals surface area contributed by atoms with Crippen LogP contribution in [0.1, 0.15) is 6.92 Å². The molecular formula is C15H14ClNO4. The summed E-state index contributed by atoms with van der Waals surface area (Å²) in [6.45, 7) is 1.60. The van der Waals surface area contributed by atoms with Crippen LogP contribution in [-0.2, 0) is 0 Å². The summed E-state index contributed by atoms with van der Waals surface area (Å²) in [7, 11) is 0. The third kappa shape index (κ3) is 4.89. The average molecular weight is 308 g/mol. The first-order valence-corrected chi connectivity index (χ1v) is 6.60. The van der Waals surface area contributed by atoms with Gasteiger partial charge >= 0.3 is 6.09 Å². The Kier molecular flexibility index (Phi) is 4.90. The number of halogens is 1. The fourth-order valence-electron chi connectivity index (χ4n) is 1.63. The number of carbonyl (C=O) groups is 1. The van der Waals surface area contributed by atoms with Crippen molar-refractivity contribution in [1.29, 1.82) is 0 Å². The van der Waals surface area contributed by atoms with Gasteiger partial charge in [0.25, 0.3) is 0 Å². The molecule has 0 radical (unpaired) electrons. The standard InChI is InChI=1S/C15H14ClNO4/c1-10(17-15(18)19)20-12-6-8-14(9-7-12)21-13-4-2-11(16)3-5-13/h2-10,17H,1H3,(H,18,19). The third-order valence-electron chi connectivity index (χ3n) is 2.51. The lowest BCUT2D eigenvalue weighted by Crippen LogP contribution is -2.35. The largest absolute Gasteiger partial charge is 0.471 e. The van der Waals surface area contributed by atoms with Crippen molar-refractivity contribution in [2.24, 2.45) is 0 Å². The highest BCUT2D eigenvalue weighted by Gasteiger charge is 2.06. The van der Waals surface area contributed by atoms with E-state index in [1.54, 1.807) is 55.5 Å². The number of benzene rings is 2. The van der Waals surface area contributed by atoms with E-state index in [4.69, 9.17) is 26.2 Å². The van der Waals surface area contributed by atoms with Crippen molar-refractivity contribution in [2.75, 3.05) is 0 Å². The molecule has 0 aliphatic heterocycles. The van der Waals surface area contributed by atoms with Gasteiger partial charge in [0.2, 0.25) is 0 Å². The summed E-state index contributed by atoms with van der Waals surface area (Å²) in [6.07, 6.45) is -1.77. The molecule has 0 saturated carbocycles. The van der Waals surface area contributed by atoms with Crippen LogP contribution in [0.2, 0.25) is 5.02 Å². The summed E-state index contributed by atoms with van der Waals surface area (Å²) in [4.78, 5) is 10.5. The molecular weight excluding hydrogens is 294 g/mol. The molecule has 0 aliphatic rings. The Morgan fingerprint density at radius 3 is 2.05 bits per heavy atom. The molecule has 0 heterocycles. The minimum atomic E-state index is -1.13. The maximum Gasteiger partial charge on any atom is 0.407 e. The first kappa shape index (κ1) is 15.0. The number of amides is 1. The van der Waals surface area contributed by atoms with Crippen LogP contribution < -0.4 is 14.8 Å². The first-order chi connectivity index (χ1) is 10.0. The van der Waals surface area contributed by atoms with E-state index >= 15 is 0 Å². The molecule has 2 N–H and O–H groups in total. The van der Waals surface area contributed by atoms with Gasteiger partial charge in [-0.25, -0.2) is 4.79 Å². The molecule has 0 aliphatic carbocycles. The minimum absolute atomic E-state index is 0.541. The molecule has 0 bridgehead atoms. The van der Waals surface area contributed by atoms with Crippen LogP contribution in [0.25, 0.3) is 0 Å². The summed E-state index contributed by atoms with van der Waals surface area (Å²) < 4.78 is 11.0. The van der Waals surface area contributed by atoms with Crippen molar-refractivity contribution >= 4 is 17.7 Å². The molecule has 2 aromatic carbocycles. The maximum absolute atomic E-state index is 10.5. The highest BCUT2D eigenvalue weighted by atomic mass is 35.5. The number of nitrogens with one attached hydrogen (secondary N) is 1. The minimum Gasteiger partial charge on any atom is -0.471 e. The first-order valence-electron chi connectivity index (χ1n) is 6.22. The van der Waals surface area contributed by atoms with E-state index in [1.165, 1.54) is 0 Å². The Morgan fingerprint density at radius 1 is 1.05 bits per heavy atom. The molecule has 1 atom stereocenters. The Morgan fingerprint density at radius 2 is 1.52 bits per heavy atom. The highest BCUT2D eigenvalue weighted by molar-refractivity contribution is 6.30. The normalized spacial score (nSPS) is 11.5. The zero-order chi connectivity index (χ0) is 15.2. The lowest BCUT2D eigenvalue weighted by molar-refractivity contribution is 0.148. The van der Waals surface area contributed by atoms with Crippen molar-refractivity contribution in [2.45, 2.75) is 13.2 Å². The fraction of sp³-hybridized carbons (Fsp3) is 0.133. The quantitative estimate of drug-likeness (QED) is 0.815. The molecule has 21 heavy (non-hydrogen) atoms. The lowest BCUT2D eigenvalue weighted by Gasteiger charge is -2.14. The molecule has 2 rings (SSSR count). The predicted octanol–water partition coefficient (Wildman–Crippen LogP) is 4.12. The summed E-state index contributed by atoms with van der Waals surface area (Å²) in [5, 5.41) is 11.4. The van der Waals surface area contributed by atoms with E-state index < -0.39 is 12.3 Å². The number of carboxylic acid groups (broad SMARTS) is 1. The zero-order valence-electron chi connectivity index (χ0n) is 11.2. The summed E-state index contributed by atoms with van der Waals surface area (Å²) in [5.41, 5.74) is 0. The van der Waals surface area contributed by atoms with Crippen LogP contribution in [0.5, 0.6) is 17.2 Å². The summed E-state index contributed by atoms with van der Waals surface area (Å²) >= 11 is 5.80. The average Bonchev–Trinajstić information content (AvgIpc) is 2.42. The van der Waals surface area contributed by atoms with Gasteiger partial charge in [-0.15, -0.1) is 0 Å². The van der Waals surface area contributed by atoms with Gasteiger partial charge in [0.1, 0.15) is 17.2 Å². The van der Waals surface area contributed by atoms with E-state index in [0.717, 1.165) is 0 Å². The maximum atomic E-state index is 10.5. The molecule has 5 nitrogen and oxygen atoms in total.